The summed E-state index contributed by atoms with van der Waals surface area (Å²) in [6, 6.07) is 12.0. The number of rotatable bonds is 6. The fourth-order valence-electron chi connectivity index (χ4n) is 2.32. The molecule has 25 heavy (non-hydrogen) atoms. The summed E-state index contributed by atoms with van der Waals surface area (Å²) in [6.07, 6.45) is -4.44. The summed E-state index contributed by atoms with van der Waals surface area (Å²) in [5.74, 6) is 0.365. The molecule has 0 radical (unpaired) electrons. The SMILES string of the molecule is COc1ccc(CN(C)CC(=O)Nc2cccc(C(F)(F)F)c2)cc1. The predicted octanol–water partition coefficient (Wildman–Crippen LogP) is 3.78. The van der Waals surface area contributed by atoms with Crippen molar-refractivity contribution in [2.45, 2.75) is 12.7 Å². The maximum absolute atomic E-state index is 12.7. The van der Waals surface area contributed by atoms with Crippen LogP contribution in [0.1, 0.15) is 11.1 Å². The number of halogens is 3. The molecule has 0 aliphatic heterocycles. The van der Waals surface area contributed by atoms with Gasteiger partial charge in [-0.05, 0) is 42.9 Å². The quantitative estimate of drug-likeness (QED) is 0.860. The van der Waals surface area contributed by atoms with Crippen molar-refractivity contribution in [1.82, 2.24) is 4.90 Å². The van der Waals surface area contributed by atoms with Crippen molar-refractivity contribution in [2.75, 3.05) is 26.0 Å². The number of carbonyl (C=O) groups excluding carboxylic acids is 1. The van der Waals surface area contributed by atoms with Gasteiger partial charge in [-0.2, -0.15) is 13.2 Å². The van der Waals surface area contributed by atoms with Gasteiger partial charge in [0.15, 0.2) is 0 Å². The third-order valence-corrected chi connectivity index (χ3v) is 3.50. The number of nitrogens with zero attached hydrogens (tertiary/aromatic N) is 1. The van der Waals surface area contributed by atoms with Gasteiger partial charge < -0.3 is 10.1 Å². The van der Waals surface area contributed by atoms with Gasteiger partial charge in [0.05, 0.1) is 19.2 Å². The number of alkyl halides is 3. The van der Waals surface area contributed by atoms with Crippen molar-refractivity contribution in [1.29, 1.82) is 0 Å². The molecule has 4 nitrogen and oxygen atoms in total. The zero-order valence-electron chi connectivity index (χ0n) is 13.9. The molecule has 2 rings (SSSR count). The Hall–Kier alpha value is -2.54. The highest BCUT2D eigenvalue weighted by molar-refractivity contribution is 5.92. The molecule has 0 bridgehead atoms. The number of likely N-dealkylation sites (N-methyl/N-ethyl adjacent to an activating group) is 1. The molecule has 1 amide bonds. The van der Waals surface area contributed by atoms with Gasteiger partial charge >= 0.3 is 6.18 Å². The Kier molecular flexibility index (Phi) is 6.03. The number of hydrogen-bond acceptors (Lipinski definition) is 3. The van der Waals surface area contributed by atoms with E-state index in [0.717, 1.165) is 23.4 Å². The van der Waals surface area contributed by atoms with Gasteiger partial charge in [-0.25, -0.2) is 0 Å². The Labute approximate surface area is 144 Å². The molecule has 0 aliphatic rings. The van der Waals surface area contributed by atoms with Crippen LogP contribution >= 0.6 is 0 Å². The van der Waals surface area contributed by atoms with E-state index in [9.17, 15) is 18.0 Å². The van der Waals surface area contributed by atoms with Crippen molar-refractivity contribution < 1.29 is 22.7 Å². The summed E-state index contributed by atoms with van der Waals surface area (Å²) in [5.41, 5.74) is 0.324. The smallest absolute Gasteiger partial charge is 0.416 e. The summed E-state index contributed by atoms with van der Waals surface area (Å²) in [5, 5.41) is 2.49. The van der Waals surface area contributed by atoms with Gasteiger partial charge in [-0.1, -0.05) is 18.2 Å². The first kappa shape index (κ1) is 18.8. The molecule has 0 heterocycles. The first-order chi connectivity index (χ1) is 11.8. The monoisotopic (exact) mass is 352 g/mol. The van der Waals surface area contributed by atoms with Crippen LogP contribution in [0.5, 0.6) is 5.75 Å². The van der Waals surface area contributed by atoms with E-state index < -0.39 is 11.7 Å². The lowest BCUT2D eigenvalue weighted by atomic mass is 10.2. The molecule has 7 heteroatoms. The summed E-state index contributed by atoms with van der Waals surface area (Å²) in [6.45, 7) is 0.586. The molecule has 0 unspecified atom stereocenters. The lowest BCUT2D eigenvalue weighted by Gasteiger charge is -2.17. The second-order valence-electron chi connectivity index (χ2n) is 5.65. The second kappa shape index (κ2) is 8.02. The third-order valence-electron chi connectivity index (χ3n) is 3.50. The van der Waals surface area contributed by atoms with E-state index in [0.29, 0.717) is 6.54 Å². The zero-order valence-corrected chi connectivity index (χ0v) is 13.9. The largest absolute Gasteiger partial charge is 0.497 e. The first-order valence-corrected chi connectivity index (χ1v) is 7.56. The van der Waals surface area contributed by atoms with Gasteiger partial charge in [0, 0.05) is 12.2 Å². The number of methoxy groups -OCH3 is 1. The lowest BCUT2D eigenvalue weighted by Crippen LogP contribution is -2.29. The maximum Gasteiger partial charge on any atom is 0.416 e. The van der Waals surface area contributed by atoms with Crippen LogP contribution in [0.25, 0.3) is 0 Å². The topological polar surface area (TPSA) is 41.6 Å². The van der Waals surface area contributed by atoms with Crippen molar-refractivity contribution in [3.8, 4) is 5.75 Å². The first-order valence-electron chi connectivity index (χ1n) is 7.56. The molecule has 0 spiro atoms. The van der Waals surface area contributed by atoms with Gasteiger partial charge in [0.25, 0.3) is 0 Å². The normalized spacial score (nSPS) is 11.4. The molecule has 0 fully saturated rings. The number of amides is 1. The highest BCUT2D eigenvalue weighted by Gasteiger charge is 2.30. The molecular formula is C18H19F3N2O2. The van der Waals surface area contributed by atoms with Crippen molar-refractivity contribution in [2.24, 2.45) is 0 Å². The molecule has 0 saturated carbocycles. The fourth-order valence-corrected chi connectivity index (χ4v) is 2.32. The van der Waals surface area contributed by atoms with Crippen molar-refractivity contribution in [3.05, 3.63) is 59.7 Å². The van der Waals surface area contributed by atoms with Crippen LogP contribution in [-0.4, -0.2) is 31.5 Å². The Morgan fingerprint density at radius 3 is 2.44 bits per heavy atom. The average Bonchev–Trinajstić information content (AvgIpc) is 2.54. The van der Waals surface area contributed by atoms with Gasteiger partial charge in [-0.15, -0.1) is 0 Å². The summed E-state index contributed by atoms with van der Waals surface area (Å²) in [7, 11) is 3.34. The molecule has 0 aromatic heterocycles. The van der Waals surface area contributed by atoms with Crippen LogP contribution in [0.3, 0.4) is 0 Å². The average molecular weight is 352 g/mol. The number of ether oxygens (including phenoxy) is 1. The van der Waals surface area contributed by atoms with E-state index in [4.69, 9.17) is 4.74 Å². The predicted molar refractivity (Wildman–Crippen MR) is 89.4 cm³/mol. The zero-order chi connectivity index (χ0) is 18.4. The Morgan fingerprint density at radius 2 is 1.84 bits per heavy atom. The Bertz CT molecular complexity index is 715. The number of carbonyl (C=O) groups is 1. The van der Waals surface area contributed by atoms with E-state index >= 15 is 0 Å². The third kappa shape index (κ3) is 5.79. The van der Waals surface area contributed by atoms with E-state index in [1.54, 1.807) is 19.1 Å². The molecule has 0 saturated heterocycles. The van der Waals surface area contributed by atoms with Crippen LogP contribution < -0.4 is 10.1 Å². The minimum atomic E-state index is -4.44. The number of hydrogen-bond donors (Lipinski definition) is 1. The van der Waals surface area contributed by atoms with E-state index in [-0.39, 0.29) is 18.1 Å². The minimum absolute atomic E-state index is 0.0578. The molecule has 0 atom stereocenters. The van der Waals surface area contributed by atoms with Crippen LogP contribution in [0, 0.1) is 0 Å². The van der Waals surface area contributed by atoms with E-state index in [2.05, 4.69) is 5.32 Å². The Balaban J connectivity index is 1.90. The number of nitrogens with one attached hydrogen (secondary N) is 1. The lowest BCUT2D eigenvalue weighted by molar-refractivity contribution is -0.137. The minimum Gasteiger partial charge on any atom is -0.497 e. The van der Waals surface area contributed by atoms with Gasteiger partial charge in [0.2, 0.25) is 5.91 Å². The molecule has 134 valence electrons. The molecule has 1 N–H and O–H groups in total. The highest BCUT2D eigenvalue weighted by atomic mass is 19.4. The summed E-state index contributed by atoms with van der Waals surface area (Å²) < 4.78 is 43.1. The van der Waals surface area contributed by atoms with Crippen molar-refractivity contribution in [3.63, 3.8) is 0 Å². The summed E-state index contributed by atoms with van der Waals surface area (Å²) in [4.78, 5) is 13.8. The second-order valence-corrected chi connectivity index (χ2v) is 5.65. The van der Waals surface area contributed by atoms with Gasteiger partial charge in [0.1, 0.15) is 5.75 Å². The van der Waals surface area contributed by atoms with Gasteiger partial charge in [-0.3, -0.25) is 9.69 Å². The van der Waals surface area contributed by atoms with Crippen LogP contribution in [0.2, 0.25) is 0 Å². The maximum atomic E-state index is 12.7. The number of benzene rings is 2. The standard InChI is InChI=1S/C18H19F3N2O2/c1-23(11-13-6-8-16(25-2)9-7-13)12-17(24)22-15-5-3-4-14(10-15)18(19,20)21/h3-10H,11-12H2,1-2H3,(H,22,24). The molecule has 2 aromatic rings. The molecule has 2 aromatic carbocycles. The van der Waals surface area contributed by atoms with Crippen LogP contribution in [0.4, 0.5) is 18.9 Å². The van der Waals surface area contributed by atoms with Crippen LogP contribution in [-0.2, 0) is 17.5 Å². The fraction of sp³-hybridized carbons (Fsp3) is 0.278. The van der Waals surface area contributed by atoms with Crippen LogP contribution in [0.15, 0.2) is 48.5 Å². The van der Waals surface area contributed by atoms with E-state index in [1.165, 1.54) is 12.1 Å². The van der Waals surface area contributed by atoms with E-state index in [1.807, 2.05) is 24.3 Å². The summed E-state index contributed by atoms with van der Waals surface area (Å²) >= 11 is 0. The number of anilines is 1. The molecular weight excluding hydrogens is 333 g/mol. The molecule has 0 aliphatic carbocycles. The Morgan fingerprint density at radius 1 is 1.16 bits per heavy atom. The van der Waals surface area contributed by atoms with Crippen molar-refractivity contribution >= 4 is 11.6 Å². The highest BCUT2D eigenvalue weighted by Crippen LogP contribution is 2.30.